The van der Waals surface area contributed by atoms with Gasteiger partial charge in [-0.2, -0.15) is 0 Å². The second kappa shape index (κ2) is 11.3. The van der Waals surface area contributed by atoms with Crippen molar-refractivity contribution in [3.63, 3.8) is 0 Å². The topological polar surface area (TPSA) is 92.5 Å². The van der Waals surface area contributed by atoms with Gasteiger partial charge in [0.25, 0.3) is 0 Å². The molecule has 0 aliphatic rings. The van der Waals surface area contributed by atoms with E-state index in [1.165, 1.54) is 18.9 Å². The molecule has 0 radical (unpaired) electrons. The molecule has 0 spiro atoms. The Morgan fingerprint density at radius 1 is 1.03 bits per heavy atom. The fourth-order valence-electron chi connectivity index (χ4n) is 3.08. The lowest BCUT2D eigenvalue weighted by atomic mass is 10.0. The average molecular weight is 456 g/mol. The summed E-state index contributed by atoms with van der Waals surface area (Å²) in [6, 6.07) is 14.3. The van der Waals surface area contributed by atoms with Gasteiger partial charge in [0.15, 0.2) is 11.0 Å². The van der Waals surface area contributed by atoms with Crippen LogP contribution in [0, 0.1) is 0 Å². The highest BCUT2D eigenvalue weighted by Gasteiger charge is 2.17. The second-order valence-electron chi connectivity index (χ2n) is 6.76. The number of Topliss-reactive ketones (excluding diaryl/α,β-unsaturated/α-hetero) is 1. The number of nitrogens with zero attached hydrogens (tertiary/aromatic N) is 3. The number of carbonyl (C=O) groups is 2. The molecule has 0 bridgehead atoms. The first-order valence-corrected chi connectivity index (χ1v) is 11.0. The van der Waals surface area contributed by atoms with E-state index in [0.29, 0.717) is 40.2 Å². The fraction of sp³-hybridized carbons (Fsp3) is 0.304. The summed E-state index contributed by atoms with van der Waals surface area (Å²) in [5, 5.41) is 9.08. The number of rotatable bonds is 11. The maximum absolute atomic E-state index is 12.6. The Bertz CT molecular complexity index is 1080. The molecular formula is C23H25N3O5S. The molecule has 0 fully saturated rings. The summed E-state index contributed by atoms with van der Waals surface area (Å²) in [5.74, 6) is 1.79. The number of esters is 1. The van der Waals surface area contributed by atoms with Crippen molar-refractivity contribution in [1.82, 2.24) is 14.8 Å². The summed E-state index contributed by atoms with van der Waals surface area (Å²) >= 11 is 1.32. The molecule has 0 amide bonds. The molecule has 2 aromatic carbocycles. The van der Waals surface area contributed by atoms with Crippen LogP contribution < -0.4 is 9.47 Å². The molecule has 1 aromatic heterocycles. The van der Waals surface area contributed by atoms with Crippen LogP contribution in [0.15, 0.2) is 53.7 Å². The van der Waals surface area contributed by atoms with E-state index in [0.717, 1.165) is 0 Å². The maximum Gasteiger partial charge on any atom is 0.338 e. The average Bonchev–Trinajstić information content (AvgIpc) is 3.23. The zero-order valence-corrected chi connectivity index (χ0v) is 19.1. The minimum Gasteiger partial charge on any atom is -0.497 e. The molecule has 8 nitrogen and oxygen atoms in total. The van der Waals surface area contributed by atoms with Crippen molar-refractivity contribution in [2.24, 2.45) is 0 Å². The quantitative estimate of drug-likeness (QED) is 0.320. The predicted octanol–water partition coefficient (Wildman–Crippen LogP) is 3.58. The standard InChI is InChI=1S/C23H25N3O5S/c1-4-26-21(14-31-19-10-7-9-18(13-19)29-2)24-25-23(26)32-15-17(27)12-16-8-5-6-11-20(16)22(28)30-3/h5-11,13H,4,12,14-15H2,1-3H3. The molecule has 9 heteroatoms. The van der Waals surface area contributed by atoms with Crippen molar-refractivity contribution >= 4 is 23.5 Å². The predicted molar refractivity (Wildman–Crippen MR) is 120 cm³/mol. The van der Waals surface area contributed by atoms with Crippen LogP contribution in [0.25, 0.3) is 0 Å². The van der Waals surface area contributed by atoms with E-state index < -0.39 is 5.97 Å². The lowest BCUT2D eigenvalue weighted by Crippen LogP contribution is -2.12. The first kappa shape index (κ1) is 23.3. The fourth-order valence-corrected chi connectivity index (χ4v) is 3.96. The first-order valence-electron chi connectivity index (χ1n) is 10.0. The molecule has 3 rings (SSSR count). The highest BCUT2D eigenvalue weighted by atomic mass is 32.2. The summed E-state index contributed by atoms with van der Waals surface area (Å²) in [4.78, 5) is 24.5. The van der Waals surface area contributed by atoms with E-state index in [9.17, 15) is 9.59 Å². The van der Waals surface area contributed by atoms with Crippen molar-refractivity contribution in [2.75, 3.05) is 20.0 Å². The number of ketones is 1. The molecule has 0 aliphatic heterocycles. The summed E-state index contributed by atoms with van der Waals surface area (Å²) < 4.78 is 17.7. The molecule has 168 valence electrons. The van der Waals surface area contributed by atoms with Gasteiger partial charge in [-0.1, -0.05) is 36.0 Å². The molecule has 0 unspecified atom stereocenters. The van der Waals surface area contributed by atoms with Gasteiger partial charge in [-0.05, 0) is 30.7 Å². The van der Waals surface area contributed by atoms with Gasteiger partial charge in [0.05, 0.1) is 25.5 Å². The van der Waals surface area contributed by atoms with Gasteiger partial charge in [0, 0.05) is 19.0 Å². The zero-order chi connectivity index (χ0) is 22.9. The van der Waals surface area contributed by atoms with Crippen molar-refractivity contribution in [1.29, 1.82) is 0 Å². The summed E-state index contributed by atoms with van der Waals surface area (Å²) in [5.41, 5.74) is 1.05. The SMILES string of the molecule is CCn1c(COc2cccc(OC)c2)nnc1SCC(=O)Cc1ccccc1C(=O)OC. The summed E-state index contributed by atoms with van der Waals surface area (Å²) in [6.07, 6.45) is 0.143. The Kier molecular flexibility index (Phi) is 8.27. The van der Waals surface area contributed by atoms with Gasteiger partial charge in [-0.3, -0.25) is 4.79 Å². The Morgan fingerprint density at radius 2 is 1.81 bits per heavy atom. The lowest BCUT2D eigenvalue weighted by Gasteiger charge is -2.10. The highest BCUT2D eigenvalue weighted by molar-refractivity contribution is 7.99. The largest absolute Gasteiger partial charge is 0.497 e. The Morgan fingerprint density at radius 3 is 2.56 bits per heavy atom. The van der Waals surface area contributed by atoms with Gasteiger partial charge >= 0.3 is 5.97 Å². The van der Waals surface area contributed by atoms with E-state index in [2.05, 4.69) is 10.2 Å². The van der Waals surface area contributed by atoms with Crippen LogP contribution in [0.5, 0.6) is 11.5 Å². The van der Waals surface area contributed by atoms with Gasteiger partial charge in [0.1, 0.15) is 23.9 Å². The van der Waals surface area contributed by atoms with Crippen LogP contribution >= 0.6 is 11.8 Å². The number of thioether (sulfide) groups is 1. The van der Waals surface area contributed by atoms with Crippen molar-refractivity contribution < 1.29 is 23.8 Å². The first-order chi connectivity index (χ1) is 15.5. The third-order valence-corrected chi connectivity index (χ3v) is 5.72. The molecular weight excluding hydrogens is 430 g/mol. The van der Waals surface area contributed by atoms with E-state index >= 15 is 0 Å². The number of ether oxygens (including phenoxy) is 3. The van der Waals surface area contributed by atoms with Crippen LogP contribution in [0.4, 0.5) is 0 Å². The van der Waals surface area contributed by atoms with Crippen LogP contribution in [0.2, 0.25) is 0 Å². The molecule has 0 saturated carbocycles. The monoisotopic (exact) mass is 455 g/mol. The third-order valence-electron chi connectivity index (χ3n) is 4.69. The lowest BCUT2D eigenvalue weighted by molar-refractivity contribution is -0.116. The van der Waals surface area contributed by atoms with Crippen LogP contribution in [-0.2, 0) is 29.1 Å². The number of carbonyl (C=O) groups excluding carboxylic acids is 2. The van der Waals surface area contributed by atoms with Gasteiger partial charge < -0.3 is 18.8 Å². The Balaban J connectivity index is 1.60. The minimum absolute atomic E-state index is 0.0220. The number of aromatic nitrogens is 3. The zero-order valence-electron chi connectivity index (χ0n) is 18.2. The highest BCUT2D eigenvalue weighted by Crippen LogP contribution is 2.22. The van der Waals surface area contributed by atoms with Gasteiger partial charge in [-0.15, -0.1) is 10.2 Å². The molecule has 1 heterocycles. The number of hydrogen-bond donors (Lipinski definition) is 0. The molecule has 32 heavy (non-hydrogen) atoms. The van der Waals surface area contributed by atoms with Crippen LogP contribution in [-0.4, -0.2) is 46.5 Å². The van der Waals surface area contributed by atoms with Crippen molar-refractivity contribution in [2.45, 2.75) is 31.7 Å². The summed E-state index contributed by atoms with van der Waals surface area (Å²) in [7, 11) is 2.93. The smallest absolute Gasteiger partial charge is 0.338 e. The molecule has 0 aliphatic carbocycles. The molecule has 0 atom stereocenters. The molecule has 0 saturated heterocycles. The Labute approximate surface area is 190 Å². The molecule has 3 aromatic rings. The number of hydrogen-bond acceptors (Lipinski definition) is 8. The normalized spacial score (nSPS) is 10.6. The van der Waals surface area contributed by atoms with Crippen molar-refractivity contribution in [3.8, 4) is 11.5 Å². The number of methoxy groups -OCH3 is 2. The maximum atomic E-state index is 12.6. The van der Waals surface area contributed by atoms with Crippen LogP contribution in [0.3, 0.4) is 0 Å². The molecule has 0 N–H and O–H groups in total. The van der Waals surface area contributed by atoms with E-state index in [1.54, 1.807) is 37.4 Å². The van der Waals surface area contributed by atoms with Gasteiger partial charge in [-0.25, -0.2) is 4.79 Å². The number of benzene rings is 2. The van der Waals surface area contributed by atoms with E-state index in [1.807, 2.05) is 29.7 Å². The van der Waals surface area contributed by atoms with Crippen LogP contribution in [0.1, 0.15) is 28.7 Å². The summed E-state index contributed by atoms with van der Waals surface area (Å²) in [6.45, 7) is 2.87. The minimum atomic E-state index is -0.451. The Hall–Kier alpha value is -3.33. The van der Waals surface area contributed by atoms with Crippen molar-refractivity contribution in [3.05, 3.63) is 65.5 Å². The van der Waals surface area contributed by atoms with E-state index in [-0.39, 0.29) is 24.6 Å². The van der Waals surface area contributed by atoms with Gasteiger partial charge in [0.2, 0.25) is 0 Å². The second-order valence-corrected chi connectivity index (χ2v) is 7.71. The van der Waals surface area contributed by atoms with E-state index in [4.69, 9.17) is 14.2 Å². The third kappa shape index (κ3) is 5.88.